The van der Waals surface area contributed by atoms with Crippen LogP contribution < -0.4 is 26.0 Å². The first-order valence-electron chi connectivity index (χ1n) is 17.2. The average molecular weight is 768 g/mol. The molecule has 1 saturated heterocycles. The van der Waals surface area contributed by atoms with Crippen molar-refractivity contribution in [2.24, 2.45) is 5.50 Å². The van der Waals surface area contributed by atoms with Crippen LogP contribution >= 0.6 is 8.53 Å². The molecule has 0 bridgehead atoms. The molecule has 2 heterocycles. The van der Waals surface area contributed by atoms with E-state index in [1.165, 1.54) is 12.3 Å². The second kappa shape index (κ2) is 18.2. The first-order chi connectivity index (χ1) is 26.8. The molecule has 284 valence electrons. The van der Waals surface area contributed by atoms with Crippen LogP contribution in [0.15, 0.2) is 126 Å². The summed E-state index contributed by atoms with van der Waals surface area (Å²) in [4.78, 5) is 30.0. The average Bonchev–Trinajstić information content (AvgIpc) is 3.52. The molecule has 3 N–H and O–H groups in total. The van der Waals surface area contributed by atoms with Crippen LogP contribution in [0.25, 0.3) is 0 Å². The van der Waals surface area contributed by atoms with Crippen molar-refractivity contribution < 1.29 is 37.2 Å². The summed E-state index contributed by atoms with van der Waals surface area (Å²) in [6, 6.07) is 36.0. The summed E-state index contributed by atoms with van der Waals surface area (Å²) in [5.74, 6) is 0.765. The molecule has 55 heavy (non-hydrogen) atoms. The van der Waals surface area contributed by atoms with Crippen LogP contribution in [0.5, 0.6) is 11.5 Å². The zero-order valence-electron chi connectivity index (χ0n) is 30.0. The number of nitrogens with two attached hydrogens (primary N) is 1. The molecule has 5 aromatic rings. The highest BCUT2D eigenvalue weighted by Gasteiger charge is 2.50. The van der Waals surface area contributed by atoms with Gasteiger partial charge in [-0.3, -0.25) is 14.9 Å². The Bertz CT molecular complexity index is 2070. The maximum atomic E-state index is 16.7. The second-order valence-corrected chi connectivity index (χ2v) is 13.3. The molecule has 13 nitrogen and oxygen atoms in total. The molecule has 4 aromatic carbocycles. The van der Waals surface area contributed by atoms with E-state index in [0.29, 0.717) is 17.1 Å². The van der Waals surface area contributed by atoms with Gasteiger partial charge < -0.3 is 33.3 Å². The molecule has 1 fully saturated rings. The van der Waals surface area contributed by atoms with Gasteiger partial charge in [-0.25, -0.2) is 9.18 Å². The summed E-state index contributed by atoms with van der Waals surface area (Å²) in [7, 11) is 0.975. The van der Waals surface area contributed by atoms with Gasteiger partial charge in [-0.1, -0.05) is 72.8 Å². The number of anilines is 1. The van der Waals surface area contributed by atoms with Crippen molar-refractivity contribution in [3.63, 3.8) is 0 Å². The molecule has 15 heteroatoms. The Balaban J connectivity index is 1.35. The van der Waals surface area contributed by atoms with Gasteiger partial charge in [0.2, 0.25) is 0 Å². The van der Waals surface area contributed by atoms with Crippen LogP contribution in [0.1, 0.15) is 39.7 Å². The van der Waals surface area contributed by atoms with Crippen LogP contribution in [0.2, 0.25) is 0 Å². The molecule has 1 aliphatic heterocycles. The number of carbonyl (C=O) groups excluding carboxylic acids is 1. The molecule has 1 amide bonds. The van der Waals surface area contributed by atoms with Crippen molar-refractivity contribution in [2.75, 3.05) is 32.8 Å². The molecular weight excluding hydrogens is 728 g/mol. The minimum absolute atomic E-state index is 0.0283. The van der Waals surface area contributed by atoms with Gasteiger partial charge in [-0.2, -0.15) is 10.2 Å². The van der Waals surface area contributed by atoms with Gasteiger partial charge in [0, 0.05) is 11.8 Å². The fraction of sp³-hybridized carbons (Fsp3) is 0.250. The molecule has 1 unspecified atom stereocenters. The van der Waals surface area contributed by atoms with Gasteiger partial charge in [0.1, 0.15) is 35.1 Å². The highest BCUT2D eigenvalue weighted by atomic mass is 31.2. The summed E-state index contributed by atoms with van der Waals surface area (Å²) in [6.45, 7) is -0.289. The zero-order chi connectivity index (χ0) is 38.8. The highest BCUT2D eigenvalue weighted by Crippen LogP contribution is 2.45. The van der Waals surface area contributed by atoms with E-state index in [9.17, 15) is 9.59 Å². The first-order valence-corrected chi connectivity index (χ1v) is 18.5. The van der Waals surface area contributed by atoms with Crippen molar-refractivity contribution in [3.05, 3.63) is 154 Å². The van der Waals surface area contributed by atoms with Crippen molar-refractivity contribution in [1.29, 1.82) is 5.26 Å². The van der Waals surface area contributed by atoms with Gasteiger partial charge in [-0.15, -0.1) is 0 Å². The number of alkyl halides is 1. The summed E-state index contributed by atoms with van der Waals surface area (Å²) in [5.41, 5.74) is 6.56. The van der Waals surface area contributed by atoms with E-state index in [1.807, 2.05) is 84.9 Å². The lowest BCUT2D eigenvalue weighted by Crippen LogP contribution is -2.40. The predicted octanol–water partition coefficient (Wildman–Crippen LogP) is 6.26. The van der Waals surface area contributed by atoms with Crippen LogP contribution in [-0.4, -0.2) is 61.3 Å². The van der Waals surface area contributed by atoms with E-state index in [-0.39, 0.29) is 25.5 Å². The molecule has 1 aliphatic rings. The van der Waals surface area contributed by atoms with Crippen molar-refractivity contribution in [1.82, 2.24) is 9.55 Å². The van der Waals surface area contributed by atoms with Crippen molar-refractivity contribution in [3.8, 4) is 17.6 Å². The van der Waals surface area contributed by atoms with E-state index in [0.717, 1.165) is 21.3 Å². The number of ether oxygens (including phenoxy) is 4. The van der Waals surface area contributed by atoms with Gasteiger partial charge in [0.25, 0.3) is 14.4 Å². The van der Waals surface area contributed by atoms with Crippen LogP contribution in [0.4, 0.5) is 10.2 Å². The highest BCUT2D eigenvalue weighted by molar-refractivity contribution is 7.44. The van der Waals surface area contributed by atoms with E-state index < -0.39 is 50.3 Å². The summed E-state index contributed by atoms with van der Waals surface area (Å²) in [6.07, 6.45) is -4.67. The van der Waals surface area contributed by atoms with Crippen molar-refractivity contribution >= 4 is 20.3 Å². The number of nitrogens with one attached hydrogen (secondary N) is 1. The van der Waals surface area contributed by atoms with E-state index in [2.05, 4.69) is 10.3 Å². The number of benzene rings is 4. The van der Waals surface area contributed by atoms with Crippen molar-refractivity contribution in [2.45, 2.75) is 36.6 Å². The Hall–Kier alpha value is -5.52. The summed E-state index contributed by atoms with van der Waals surface area (Å²) < 4.78 is 53.2. The fourth-order valence-electron chi connectivity index (χ4n) is 6.25. The van der Waals surface area contributed by atoms with E-state index >= 15 is 4.39 Å². The van der Waals surface area contributed by atoms with Gasteiger partial charge in [-0.05, 0) is 59.2 Å². The van der Waals surface area contributed by atoms with Gasteiger partial charge >= 0.3 is 5.69 Å². The lowest BCUT2D eigenvalue weighted by molar-refractivity contribution is -0.0927. The number of hydrogen-bond donors (Lipinski definition) is 2. The predicted molar refractivity (Wildman–Crippen MR) is 202 cm³/mol. The monoisotopic (exact) mass is 767 g/mol. The maximum Gasteiger partial charge on any atom is 0.351 e. The number of halogens is 1. The second-order valence-electron chi connectivity index (χ2n) is 12.2. The molecular formula is C40H39FN5O8P. The number of nitriles is 1. The molecule has 0 aliphatic carbocycles. The Labute approximate surface area is 318 Å². The molecule has 1 aromatic heterocycles. The molecule has 0 radical (unpaired) electrons. The van der Waals surface area contributed by atoms with Gasteiger partial charge in [0.15, 0.2) is 12.4 Å². The number of rotatable bonds is 16. The largest absolute Gasteiger partial charge is 0.497 e. The quantitative estimate of drug-likeness (QED) is 0.0661. The smallest absolute Gasteiger partial charge is 0.351 e. The SMILES string of the molecule is COc1ccc(C(OC[C@H]2O[C@@H](n3ccc(NC(=O)c4ccccc4)nc3=O)[C@H](F)[C@@H]2OP(N)OCCC#N)(c2ccccc2)c2ccc(OC)cc2)cc1. The zero-order valence-corrected chi connectivity index (χ0v) is 30.9. The Kier molecular flexibility index (Phi) is 13.0. The molecule has 0 saturated carbocycles. The number of amides is 1. The number of methoxy groups -OCH3 is 2. The lowest BCUT2D eigenvalue weighted by Gasteiger charge is -2.37. The third kappa shape index (κ3) is 8.90. The summed E-state index contributed by atoms with van der Waals surface area (Å²) in [5, 5.41) is 11.6. The fourth-order valence-corrected chi connectivity index (χ4v) is 7.07. The maximum absolute atomic E-state index is 16.7. The minimum Gasteiger partial charge on any atom is -0.497 e. The summed E-state index contributed by atoms with van der Waals surface area (Å²) >= 11 is 0. The van der Waals surface area contributed by atoms with Crippen LogP contribution in [-0.2, 0) is 24.1 Å². The number of aromatic nitrogens is 2. The van der Waals surface area contributed by atoms with Gasteiger partial charge in [0.05, 0.1) is 39.9 Å². The Morgan fingerprint density at radius 2 is 1.51 bits per heavy atom. The number of hydrogen-bond acceptors (Lipinski definition) is 11. The molecule has 5 atom stereocenters. The standard InChI is InChI=1S/C40H39FN5O8P/c1-49-31-18-14-29(15-19-31)40(28-12-7-4-8-13-28,30-16-20-32(50-2)21-17-30)51-26-33-36(54-55(43)52-25-9-23-42)35(41)38(53-33)46-24-22-34(45-39(46)48)44-37(47)27-10-5-3-6-11-27/h3-8,10-22,24,33,35-36,38H,9,25-26,43H2,1-2H3,(H,44,45,47,48)/t33-,35-,36-,38-,55?/m1/s1. The molecule has 0 spiro atoms. The normalized spacial score (nSPS) is 18.6. The van der Waals surface area contributed by atoms with Crippen LogP contribution in [0, 0.1) is 11.3 Å². The van der Waals surface area contributed by atoms with Crippen LogP contribution in [0.3, 0.4) is 0 Å². The third-order valence-electron chi connectivity index (χ3n) is 8.94. The third-order valence-corrected chi connectivity index (χ3v) is 9.83. The van der Waals surface area contributed by atoms with E-state index in [4.69, 9.17) is 38.8 Å². The Morgan fingerprint density at radius 1 is 0.927 bits per heavy atom. The lowest BCUT2D eigenvalue weighted by atomic mass is 9.80. The molecule has 6 rings (SSSR count). The topological polar surface area (TPSA) is 169 Å². The number of nitrogens with zero attached hydrogens (tertiary/aromatic N) is 3. The number of carbonyl (C=O) groups is 1. The van der Waals surface area contributed by atoms with E-state index in [1.54, 1.807) is 44.6 Å². The minimum atomic E-state index is -2.18. The Morgan fingerprint density at radius 3 is 2.07 bits per heavy atom. The first kappa shape index (κ1) is 39.2.